The third kappa shape index (κ3) is 8.66. The fraction of sp³-hybridized carbons (Fsp3) is 0.238. The highest BCUT2D eigenvalue weighted by molar-refractivity contribution is 9.10. The van der Waals surface area contributed by atoms with Crippen LogP contribution in [0.25, 0.3) is 5.83 Å². The van der Waals surface area contributed by atoms with E-state index in [1.54, 1.807) is 0 Å². The van der Waals surface area contributed by atoms with Gasteiger partial charge in [-0.15, -0.1) is 0 Å². The Hall–Kier alpha value is -2.22. The molecule has 0 heterocycles. The van der Waals surface area contributed by atoms with Crippen LogP contribution in [-0.2, 0) is 0 Å². The molecule has 0 aromatic heterocycles. The molecule has 2 rings (SSSR count). The maximum absolute atomic E-state index is 14.9. The van der Waals surface area contributed by atoms with Gasteiger partial charge in [0.2, 0.25) is 0 Å². The maximum Gasteiger partial charge on any atom is 0.405 e. The van der Waals surface area contributed by atoms with Gasteiger partial charge in [0.1, 0.15) is 18.3 Å². The van der Waals surface area contributed by atoms with E-state index < -0.39 is 48.1 Å². The predicted octanol–water partition coefficient (Wildman–Crippen LogP) is 7.91. The minimum absolute atomic E-state index is 0.0868. The van der Waals surface area contributed by atoms with E-state index in [9.17, 15) is 40.3 Å². The first kappa shape index (κ1) is 31.0. The molecular weight excluding hydrogens is 645 g/mol. The second-order valence-electron chi connectivity index (χ2n) is 7.30. The molecule has 0 aliphatic carbocycles. The molecule has 37 heavy (non-hydrogen) atoms. The lowest BCUT2D eigenvalue weighted by Crippen LogP contribution is -2.50. The van der Waals surface area contributed by atoms with Crippen molar-refractivity contribution in [1.82, 2.24) is 15.8 Å². The number of hydrogen-bond acceptors (Lipinski definition) is 2. The van der Waals surface area contributed by atoms with Gasteiger partial charge in [0, 0.05) is 17.1 Å². The lowest BCUT2D eigenvalue weighted by atomic mass is 9.96. The molecule has 5 nitrogen and oxygen atoms in total. The first-order valence-electron chi connectivity index (χ1n) is 9.68. The van der Waals surface area contributed by atoms with E-state index in [1.807, 2.05) is 5.43 Å². The zero-order valence-corrected chi connectivity index (χ0v) is 22.0. The van der Waals surface area contributed by atoms with Crippen LogP contribution >= 0.6 is 50.7 Å². The third-order valence-electron chi connectivity index (χ3n) is 4.53. The number of rotatable bonds is 5. The van der Waals surface area contributed by atoms with E-state index in [0.717, 1.165) is 37.4 Å². The first-order chi connectivity index (χ1) is 16.9. The smallest absolute Gasteiger partial charge is 0.327 e. The normalized spacial score (nSPS) is 13.2. The van der Waals surface area contributed by atoms with E-state index in [0.29, 0.717) is 5.01 Å². The number of benzene rings is 2. The van der Waals surface area contributed by atoms with Crippen molar-refractivity contribution in [3.63, 3.8) is 0 Å². The van der Waals surface area contributed by atoms with Gasteiger partial charge in [-0.3, -0.25) is 10.2 Å². The molecule has 0 saturated carbocycles. The number of nitrogens with zero attached hydrogens (tertiary/aromatic N) is 1. The second-order valence-corrected chi connectivity index (χ2v) is 9.35. The van der Waals surface area contributed by atoms with Crippen LogP contribution < -0.4 is 10.7 Å². The van der Waals surface area contributed by atoms with Crippen molar-refractivity contribution in [2.24, 2.45) is 0 Å². The molecule has 1 atom stereocenters. The molecule has 0 aliphatic rings. The highest BCUT2D eigenvalue weighted by Gasteiger charge is 2.40. The van der Waals surface area contributed by atoms with Crippen molar-refractivity contribution < 1.29 is 40.3 Å². The van der Waals surface area contributed by atoms with Gasteiger partial charge < -0.3 is 5.32 Å². The average Bonchev–Trinajstić information content (AvgIpc) is 2.77. The zero-order chi connectivity index (χ0) is 28.3. The van der Waals surface area contributed by atoms with E-state index in [1.165, 1.54) is 5.32 Å². The van der Waals surface area contributed by atoms with Crippen molar-refractivity contribution in [3.8, 4) is 0 Å². The summed E-state index contributed by atoms with van der Waals surface area (Å²) in [5.41, 5.74) is 0.988. The van der Waals surface area contributed by atoms with Crippen LogP contribution in [0.3, 0.4) is 0 Å². The summed E-state index contributed by atoms with van der Waals surface area (Å²) in [6.07, 6.45) is -9.32. The number of amides is 3. The van der Waals surface area contributed by atoms with Gasteiger partial charge in [-0.25, -0.2) is 14.2 Å². The van der Waals surface area contributed by atoms with E-state index in [4.69, 9.17) is 34.8 Å². The molecule has 2 aromatic carbocycles. The fourth-order valence-corrected chi connectivity index (χ4v) is 3.95. The number of halogens is 11. The first-order valence-corrected chi connectivity index (χ1v) is 11.6. The average molecular weight is 660 g/mol. The van der Waals surface area contributed by atoms with Crippen molar-refractivity contribution in [2.45, 2.75) is 18.3 Å². The monoisotopic (exact) mass is 657 g/mol. The molecule has 0 bridgehead atoms. The summed E-state index contributed by atoms with van der Waals surface area (Å²) in [4.78, 5) is 24.0. The second kappa shape index (κ2) is 12.1. The molecular formula is C21H14BrCl3F7N3O2. The number of urea groups is 1. The summed E-state index contributed by atoms with van der Waals surface area (Å²) in [6.45, 7) is -1.64. The quantitative estimate of drug-likeness (QED) is 0.195. The van der Waals surface area contributed by atoms with Crippen molar-refractivity contribution in [3.05, 3.63) is 72.6 Å². The SMILES string of the molecule is CN(NC(=O)c1ccc(/C(F)=C/C(c2cc(Cl)c(Cl)c(Cl)c2)C(F)(F)F)cc1Br)C(=O)NCC(F)(F)F. The van der Waals surface area contributed by atoms with Crippen LogP contribution in [0.4, 0.5) is 35.5 Å². The number of carbonyl (C=O) groups is 2. The molecule has 16 heteroatoms. The van der Waals surface area contributed by atoms with Gasteiger partial charge in [0.25, 0.3) is 5.91 Å². The van der Waals surface area contributed by atoms with Gasteiger partial charge in [-0.05, 0) is 51.8 Å². The molecule has 2 aromatic rings. The summed E-state index contributed by atoms with van der Waals surface area (Å²) in [7, 11) is 0.973. The summed E-state index contributed by atoms with van der Waals surface area (Å²) < 4.78 is 92.6. The Kier molecular flexibility index (Phi) is 10.1. The van der Waals surface area contributed by atoms with Crippen LogP contribution in [0.2, 0.25) is 15.1 Å². The van der Waals surface area contributed by atoms with Gasteiger partial charge in [0.15, 0.2) is 0 Å². The van der Waals surface area contributed by atoms with Crippen molar-refractivity contribution in [2.75, 3.05) is 13.6 Å². The molecule has 2 N–H and O–H groups in total. The summed E-state index contributed by atoms with van der Waals surface area (Å²) >= 11 is 20.4. The van der Waals surface area contributed by atoms with E-state index >= 15 is 0 Å². The largest absolute Gasteiger partial charge is 0.405 e. The predicted molar refractivity (Wildman–Crippen MR) is 128 cm³/mol. The number of carbonyl (C=O) groups excluding carboxylic acids is 2. The van der Waals surface area contributed by atoms with Crippen LogP contribution in [0.1, 0.15) is 27.4 Å². The molecule has 0 spiro atoms. The number of hydrazine groups is 1. The van der Waals surface area contributed by atoms with Gasteiger partial charge in [-0.1, -0.05) is 40.9 Å². The van der Waals surface area contributed by atoms with Crippen molar-refractivity contribution >= 4 is 68.5 Å². The van der Waals surface area contributed by atoms with Gasteiger partial charge in [0.05, 0.1) is 20.6 Å². The van der Waals surface area contributed by atoms with Crippen molar-refractivity contribution in [1.29, 1.82) is 0 Å². The van der Waals surface area contributed by atoms with Gasteiger partial charge >= 0.3 is 18.4 Å². The van der Waals surface area contributed by atoms with Crippen LogP contribution in [0, 0.1) is 0 Å². The Morgan fingerprint density at radius 3 is 2.11 bits per heavy atom. The fourth-order valence-electron chi connectivity index (χ4n) is 2.78. The lowest BCUT2D eigenvalue weighted by molar-refractivity contribution is -0.139. The zero-order valence-electron chi connectivity index (χ0n) is 18.2. The molecule has 1 unspecified atom stereocenters. The summed E-state index contributed by atoms with van der Waals surface area (Å²) in [6, 6.07) is 3.56. The molecule has 0 saturated heterocycles. The topological polar surface area (TPSA) is 61.4 Å². The minimum atomic E-state index is -4.94. The lowest BCUT2D eigenvalue weighted by Gasteiger charge is -2.20. The highest BCUT2D eigenvalue weighted by atomic mass is 79.9. The Bertz CT molecular complexity index is 1200. The Morgan fingerprint density at radius 2 is 1.62 bits per heavy atom. The molecule has 0 radical (unpaired) electrons. The summed E-state index contributed by atoms with van der Waals surface area (Å²) in [5, 5.41) is 1.29. The van der Waals surface area contributed by atoms with Crippen LogP contribution in [-0.4, -0.2) is 42.9 Å². The number of nitrogens with one attached hydrogen (secondary N) is 2. The maximum atomic E-state index is 14.9. The van der Waals surface area contributed by atoms with Gasteiger partial charge in [-0.2, -0.15) is 26.3 Å². The molecule has 202 valence electrons. The Balaban J connectivity index is 2.27. The Morgan fingerprint density at radius 1 is 1.05 bits per heavy atom. The standard InChI is InChI=1S/C21H14BrCl3F7N3O2/c1-35(19(37)33-8-20(27,28)29)34-18(36)11-3-2-9(4-13(11)22)16(26)7-12(21(30,31)32)10-5-14(23)17(25)15(24)6-10/h2-7,12H,8H2,1H3,(H,33,37)(H,34,36)/b16-7-. The highest BCUT2D eigenvalue weighted by Crippen LogP contribution is 2.42. The number of alkyl halides is 6. The molecule has 3 amide bonds. The van der Waals surface area contributed by atoms with Crippen LogP contribution in [0.5, 0.6) is 0 Å². The third-order valence-corrected chi connectivity index (χ3v) is 6.39. The Labute approximate surface area is 228 Å². The van der Waals surface area contributed by atoms with E-state index in [-0.39, 0.29) is 36.7 Å². The number of allylic oxidation sites excluding steroid dienone is 1. The minimum Gasteiger partial charge on any atom is -0.327 e. The molecule has 0 aliphatic heterocycles. The van der Waals surface area contributed by atoms with Crippen LogP contribution in [0.15, 0.2) is 40.9 Å². The molecule has 0 fully saturated rings. The number of hydrogen-bond donors (Lipinski definition) is 2. The van der Waals surface area contributed by atoms with E-state index in [2.05, 4.69) is 15.9 Å². The summed E-state index contributed by atoms with van der Waals surface area (Å²) in [5.74, 6) is -4.74.